The standard InChI is InChI=1S/C16H12N2OS/c20-16-17-12-6-2-3-7-13(12)18(16)15-10-9-11-5-1-4-8-14(11)19-15/h1-10,15H,(H,17,20). The van der Waals surface area contributed by atoms with Crippen LogP contribution >= 0.6 is 12.2 Å². The molecule has 98 valence electrons. The molecule has 0 aliphatic carbocycles. The number of fused-ring (bicyclic) bond motifs is 2. The van der Waals surface area contributed by atoms with E-state index in [1.165, 1.54) is 0 Å². The quantitative estimate of drug-likeness (QED) is 0.673. The summed E-state index contributed by atoms with van der Waals surface area (Å²) in [5.74, 6) is 0.882. The van der Waals surface area contributed by atoms with E-state index in [1.807, 2.05) is 59.2 Å². The first-order valence-corrected chi connectivity index (χ1v) is 6.87. The van der Waals surface area contributed by atoms with Crippen molar-refractivity contribution in [2.75, 3.05) is 0 Å². The average molecular weight is 280 g/mol. The lowest BCUT2D eigenvalue weighted by Gasteiger charge is -2.22. The molecule has 3 nitrogen and oxygen atoms in total. The number of aromatic nitrogens is 2. The van der Waals surface area contributed by atoms with Crippen LogP contribution in [0.15, 0.2) is 54.6 Å². The topological polar surface area (TPSA) is 29.9 Å². The van der Waals surface area contributed by atoms with Crippen molar-refractivity contribution < 1.29 is 4.74 Å². The van der Waals surface area contributed by atoms with E-state index in [0.717, 1.165) is 22.3 Å². The van der Waals surface area contributed by atoms with Gasteiger partial charge in [0.2, 0.25) is 0 Å². The molecule has 0 bridgehead atoms. The van der Waals surface area contributed by atoms with Crippen LogP contribution in [-0.4, -0.2) is 9.55 Å². The molecule has 2 heterocycles. The predicted octanol–water partition coefficient (Wildman–Crippen LogP) is 4.30. The maximum atomic E-state index is 6.05. The SMILES string of the molecule is S=c1[nH]c2ccccc2n1C1C=Cc2ccccc2O1. The Labute approximate surface area is 121 Å². The van der Waals surface area contributed by atoms with Gasteiger partial charge in [-0.15, -0.1) is 0 Å². The number of para-hydroxylation sites is 3. The summed E-state index contributed by atoms with van der Waals surface area (Å²) in [5.41, 5.74) is 3.16. The largest absolute Gasteiger partial charge is 0.466 e. The minimum Gasteiger partial charge on any atom is -0.466 e. The molecule has 1 aromatic heterocycles. The molecule has 0 amide bonds. The molecule has 20 heavy (non-hydrogen) atoms. The fraction of sp³-hybridized carbons (Fsp3) is 0.0625. The molecule has 4 heteroatoms. The van der Waals surface area contributed by atoms with Gasteiger partial charge < -0.3 is 9.72 Å². The van der Waals surface area contributed by atoms with Crippen molar-refractivity contribution in [3.63, 3.8) is 0 Å². The summed E-state index contributed by atoms with van der Waals surface area (Å²) in [6.45, 7) is 0. The lowest BCUT2D eigenvalue weighted by molar-refractivity contribution is 0.182. The second-order valence-corrected chi connectivity index (χ2v) is 5.11. The second kappa shape index (κ2) is 4.35. The Hall–Kier alpha value is -2.33. The van der Waals surface area contributed by atoms with E-state index < -0.39 is 0 Å². The number of hydrogen-bond donors (Lipinski definition) is 1. The summed E-state index contributed by atoms with van der Waals surface area (Å²) in [4.78, 5) is 3.21. The first-order chi connectivity index (χ1) is 9.83. The number of ether oxygens (including phenoxy) is 1. The van der Waals surface area contributed by atoms with E-state index in [2.05, 4.69) is 11.1 Å². The fourth-order valence-corrected chi connectivity index (χ4v) is 2.86. The average Bonchev–Trinajstić information content (AvgIpc) is 2.82. The van der Waals surface area contributed by atoms with Gasteiger partial charge >= 0.3 is 0 Å². The molecule has 1 aliphatic heterocycles. The number of imidazole rings is 1. The first-order valence-electron chi connectivity index (χ1n) is 6.46. The molecule has 1 atom stereocenters. The zero-order chi connectivity index (χ0) is 13.5. The van der Waals surface area contributed by atoms with Crippen molar-refractivity contribution in [1.29, 1.82) is 0 Å². The minimum absolute atomic E-state index is 0.214. The number of benzene rings is 2. The molecule has 2 aromatic carbocycles. The van der Waals surface area contributed by atoms with Gasteiger partial charge in [0.25, 0.3) is 0 Å². The third-order valence-corrected chi connectivity index (χ3v) is 3.78. The van der Waals surface area contributed by atoms with Crippen molar-refractivity contribution >= 4 is 29.3 Å². The van der Waals surface area contributed by atoms with Gasteiger partial charge in [-0.05, 0) is 42.6 Å². The van der Waals surface area contributed by atoms with E-state index >= 15 is 0 Å². The Bertz CT molecular complexity index is 875. The maximum Gasteiger partial charge on any atom is 0.198 e. The van der Waals surface area contributed by atoms with Crippen molar-refractivity contribution in [2.45, 2.75) is 6.23 Å². The summed E-state index contributed by atoms with van der Waals surface area (Å²) in [6.07, 6.45) is 3.89. The van der Waals surface area contributed by atoms with Gasteiger partial charge in [0.15, 0.2) is 11.0 Å². The van der Waals surface area contributed by atoms with Gasteiger partial charge in [-0.2, -0.15) is 0 Å². The summed E-state index contributed by atoms with van der Waals surface area (Å²) in [5, 5.41) is 0. The van der Waals surface area contributed by atoms with Gasteiger partial charge in [0.1, 0.15) is 5.75 Å². The molecule has 0 radical (unpaired) electrons. The van der Waals surface area contributed by atoms with Crippen LogP contribution < -0.4 is 4.74 Å². The third kappa shape index (κ3) is 1.69. The van der Waals surface area contributed by atoms with Gasteiger partial charge in [-0.25, -0.2) is 0 Å². The monoisotopic (exact) mass is 280 g/mol. The summed E-state index contributed by atoms with van der Waals surface area (Å²) < 4.78 is 8.72. The van der Waals surface area contributed by atoms with E-state index in [4.69, 9.17) is 17.0 Å². The number of nitrogens with zero attached hydrogens (tertiary/aromatic N) is 1. The smallest absolute Gasteiger partial charge is 0.198 e. The second-order valence-electron chi connectivity index (χ2n) is 4.72. The Morgan fingerprint density at radius 1 is 1.05 bits per heavy atom. The summed E-state index contributed by atoms with van der Waals surface area (Å²) in [7, 11) is 0. The normalized spacial score (nSPS) is 16.9. The summed E-state index contributed by atoms with van der Waals surface area (Å²) in [6, 6.07) is 16.0. The van der Waals surface area contributed by atoms with Crippen LogP contribution in [-0.2, 0) is 0 Å². The molecule has 1 N–H and O–H groups in total. The van der Waals surface area contributed by atoms with Crippen molar-refractivity contribution in [2.24, 2.45) is 0 Å². The van der Waals surface area contributed by atoms with Crippen LogP contribution in [0, 0.1) is 4.77 Å². The lowest BCUT2D eigenvalue weighted by atomic mass is 10.1. The van der Waals surface area contributed by atoms with Gasteiger partial charge in [-0.3, -0.25) is 4.57 Å². The Morgan fingerprint density at radius 3 is 2.80 bits per heavy atom. The third-order valence-electron chi connectivity index (χ3n) is 3.49. The predicted molar refractivity (Wildman–Crippen MR) is 82.3 cm³/mol. The molecule has 0 spiro atoms. The van der Waals surface area contributed by atoms with Crippen LogP contribution in [0.5, 0.6) is 5.75 Å². The molecule has 1 aliphatic rings. The zero-order valence-corrected chi connectivity index (χ0v) is 11.4. The van der Waals surface area contributed by atoms with Crippen LogP contribution in [0.4, 0.5) is 0 Å². The Balaban J connectivity index is 1.86. The zero-order valence-electron chi connectivity index (χ0n) is 10.6. The van der Waals surface area contributed by atoms with E-state index in [1.54, 1.807) is 0 Å². The van der Waals surface area contributed by atoms with Crippen LogP contribution in [0.25, 0.3) is 17.1 Å². The van der Waals surface area contributed by atoms with E-state index in [-0.39, 0.29) is 6.23 Å². The number of H-pyrrole nitrogens is 1. The van der Waals surface area contributed by atoms with Crippen LogP contribution in [0.3, 0.4) is 0 Å². The van der Waals surface area contributed by atoms with Crippen LogP contribution in [0.2, 0.25) is 0 Å². The minimum atomic E-state index is -0.214. The number of aromatic amines is 1. The maximum absolute atomic E-state index is 6.05. The highest BCUT2D eigenvalue weighted by atomic mass is 32.1. The number of rotatable bonds is 1. The molecule has 0 fully saturated rings. The molecular weight excluding hydrogens is 268 g/mol. The molecule has 1 unspecified atom stereocenters. The van der Waals surface area contributed by atoms with Gasteiger partial charge in [0.05, 0.1) is 11.0 Å². The Kier molecular flexibility index (Phi) is 2.50. The number of hydrogen-bond acceptors (Lipinski definition) is 2. The molecule has 4 rings (SSSR count). The van der Waals surface area contributed by atoms with Gasteiger partial charge in [-0.1, -0.05) is 30.3 Å². The van der Waals surface area contributed by atoms with Gasteiger partial charge in [0, 0.05) is 5.56 Å². The van der Waals surface area contributed by atoms with E-state index in [0.29, 0.717) is 4.77 Å². The van der Waals surface area contributed by atoms with Crippen molar-refractivity contribution in [3.8, 4) is 5.75 Å². The highest BCUT2D eigenvalue weighted by Gasteiger charge is 2.18. The summed E-state index contributed by atoms with van der Waals surface area (Å²) >= 11 is 5.43. The van der Waals surface area contributed by atoms with Crippen molar-refractivity contribution in [1.82, 2.24) is 9.55 Å². The highest BCUT2D eigenvalue weighted by molar-refractivity contribution is 7.71. The first kappa shape index (κ1) is 11.5. The molecule has 0 saturated heterocycles. The lowest BCUT2D eigenvalue weighted by Crippen LogP contribution is -2.16. The van der Waals surface area contributed by atoms with Crippen molar-refractivity contribution in [3.05, 3.63) is 64.9 Å². The number of nitrogens with one attached hydrogen (secondary N) is 1. The molecule has 0 saturated carbocycles. The Morgan fingerprint density at radius 2 is 1.85 bits per heavy atom. The fourth-order valence-electron chi connectivity index (χ4n) is 2.55. The molecular formula is C16H12N2OS. The van der Waals surface area contributed by atoms with E-state index in [9.17, 15) is 0 Å². The van der Waals surface area contributed by atoms with Crippen LogP contribution in [0.1, 0.15) is 11.8 Å². The highest BCUT2D eigenvalue weighted by Crippen LogP contribution is 2.31. The molecule has 3 aromatic rings.